The summed E-state index contributed by atoms with van der Waals surface area (Å²) in [7, 11) is 0. The number of benzene rings is 1. The van der Waals surface area contributed by atoms with Crippen molar-refractivity contribution in [1.82, 2.24) is 9.47 Å². The van der Waals surface area contributed by atoms with Crippen molar-refractivity contribution < 1.29 is 9.18 Å². The van der Waals surface area contributed by atoms with E-state index in [1.54, 1.807) is 23.5 Å². The van der Waals surface area contributed by atoms with Crippen molar-refractivity contribution in [2.45, 2.75) is 32.7 Å². The number of halogens is 1. The van der Waals surface area contributed by atoms with Gasteiger partial charge in [-0.1, -0.05) is 12.1 Å². The lowest BCUT2D eigenvalue weighted by Crippen LogP contribution is -2.36. The number of amides is 1. The number of carbonyl (C=O) groups is 1. The first-order valence-corrected chi connectivity index (χ1v) is 9.57. The van der Waals surface area contributed by atoms with Gasteiger partial charge in [-0.05, 0) is 56.0 Å². The maximum absolute atomic E-state index is 13.6. The highest BCUT2D eigenvalue weighted by molar-refractivity contribution is 7.19. The molecule has 0 bridgehead atoms. The molecule has 5 heteroatoms. The fraction of sp³-hybridized carbons (Fsp3) is 0.350. The molecule has 3 nitrogen and oxygen atoms in total. The number of hydrogen-bond donors (Lipinski definition) is 0. The molecule has 0 unspecified atom stereocenters. The summed E-state index contributed by atoms with van der Waals surface area (Å²) in [4.78, 5) is 16.2. The molecule has 0 N–H and O–H groups in total. The van der Waals surface area contributed by atoms with E-state index in [0.29, 0.717) is 12.2 Å². The van der Waals surface area contributed by atoms with Gasteiger partial charge in [-0.25, -0.2) is 4.39 Å². The third-order valence-electron chi connectivity index (χ3n) is 4.80. The summed E-state index contributed by atoms with van der Waals surface area (Å²) in [6, 6.07) is 10.7. The number of fused-ring (bicyclic) bond motifs is 1. The van der Waals surface area contributed by atoms with Gasteiger partial charge in [0.25, 0.3) is 5.91 Å². The molecule has 25 heavy (non-hydrogen) atoms. The molecular weight excluding hydrogens is 335 g/mol. The Morgan fingerprint density at radius 3 is 2.72 bits per heavy atom. The largest absolute Gasteiger partial charge is 0.337 e. The summed E-state index contributed by atoms with van der Waals surface area (Å²) in [5.41, 5.74) is 2.65. The molecular formula is C20H21FN2OS. The van der Waals surface area contributed by atoms with Crippen molar-refractivity contribution in [3.05, 3.63) is 58.3 Å². The topological polar surface area (TPSA) is 25.2 Å². The van der Waals surface area contributed by atoms with E-state index >= 15 is 0 Å². The van der Waals surface area contributed by atoms with Crippen LogP contribution in [0, 0.1) is 12.7 Å². The summed E-state index contributed by atoms with van der Waals surface area (Å²) >= 11 is 1.70. The highest BCUT2D eigenvalue weighted by Crippen LogP contribution is 2.30. The molecule has 3 heterocycles. The van der Waals surface area contributed by atoms with Crippen LogP contribution >= 0.6 is 11.3 Å². The first-order valence-electron chi connectivity index (χ1n) is 8.75. The molecule has 0 atom stereocenters. The number of likely N-dealkylation sites (tertiary alicyclic amines) is 1. The predicted molar refractivity (Wildman–Crippen MR) is 99.8 cm³/mol. The summed E-state index contributed by atoms with van der Waals surface area (Å²) in [6.07, 6.45) is 3.34. The summed E-state index contributed by atoms with van der Waals surface area (Å²) in [5, 5.41) is 0. The third kappa shape index (κ3) is 3.21. The highest BCUT2D eigenvalue weighted by Gasteiger charge is 2.23. The number of thiophene rings is 1. The zero-order valence-corrected chi connectivity index (χ0v) is 15.1. The highest BCUT2D eigenvalue weighted by atomic mass is 32.1. The van der Waals surface area contributed by atoms with Crippen LogP contribution in [-0.4, -0.2) is 28.5 Å². The Morgan fingerprint density at radius 2 is 1.96 bits per heavy atom. The molecule has 0 radical (unpaired) electrons. The molecule has 1 aromatic carbocycles. The number of aryl methyl sites for hydroxylation is 1. The van der Waals surface area contributed by atoms with Crippen LogP contribution in [-0.2, 0) is 6.54 Å². The second kappa shape index (κ2) is 6.64. The number of hydrogen-bond acceptors (Lipinski definition) is 2. The molecule has 1 saturated heterocycles. The minimum Gasteiger partial charge on any atom is -0.337 e. The van der Waals surface area contributed by atoms with E-state index in [1.165, 1.54) is 17.4 Å². The van der Waals surface area contributed by atoms with E-state index in [0.717, 1.165) is 41.7 Å². The SMILES string of the molecule is Cc1cc2c(cc(C(=O)N3CCCCC3)n2Cc2cccc(F)c2)s1. The van der Waals surface area contributed by atoms with E-state index in [1.807, 2.05) is 21.6 Å². The number of rotatable bonds is 3. The van der Waals surface area contributed by atoms with Crippen LogP contribution in [0.4, 0.5) is 4.39 Å². The minimum absolute atomic E-state index is 0.0946. The van der Waals surface area contributed by atoms with Gasteiger partial charge in [0.15, 0.2) is 0 Å². The van der Waals surface area contributed by atoms with E-state index in [2.05, 4.69) is 13.0 Å². The van der Waals surface area contributed by atoms with Gasteiger partial charge in [-0.3, -0.25) is 4.79 Å². The zero-order chi connectivity index (χ0) is 17.4. The van der Waals surface area contributed by atoms with Crippen LogP contribution < -0.4 is 0 Å². The van der Waals surface area contributed by atoms with Crippen molar-refractivity contribution in [2.24, 2.45) is 0 Å². The summed E-state index contributed by atoms with van der Waals surface area (Å²) < 4.78 is 16.7. The molecule has 1 aliphatic heterocycles. The van der Waals surface area contributed by atoms with Gasteiger partial charge in [0, 0.05) is 24.5 Å². The fourth-order valence-corrected chi connectivity index (χ4v) is 4.55. The van der Waals surface area contributed by atoms with Gasteiger partial charge in [0.1, 0.15) is 11.5 Å². The first kappa shape index (κ1) is 16.3. The Bertz CT molecular complexity index is 921. The normalized spacial score (nSPS) is 15.0. The monoisotopic (exact) mass is 356 g/mol. The second-order valence-electron chi connectivity index (χ2n) is 6.71. The minimum atomic E-state index is -0.244. The Hall–Kier alpha value is -2.14. The zero-order valence-electron chi connectivity index (χ0n) is 14.3. The number of aromatic nitrogens is 1. The summed E-state index contributed by atoms with van der Waals surface area (Å²) in [6.45, 7) is 4.24. The smallest absolute Gasteiger partial charge is 0.270 e. The molecule has 1 aliphatic rings. The molecule has 0 saturated carbocycles. The van der Waals surface area contributed by atoms with Crippen molar-refractivity contribution in [2.75, 3.05) is 13.1 Å². The van der Waals surface area contributed by atoms with Gasteiger partial charge >= 0.3 is 0 Å². The number of piperidine rings is 1. The number of nitrogens with zero attached hydrogens (tertiary/aromatic N) is 2. The molecule has 4 rings (SSSR count). The third-order valence-corrected chi connectivity index (χ3v) is 5.79. The molecule has 0 aliphatic carbocycles. The molecule has 130 valence electrons. The van der Waals surface area contributed by atoms with Gasteiger partial charge in [-0.15, -0.1) is 11.3 Å². The van der Waals surface area contributed by atoms with Gasteiger partial charge < -0.3 is 9.47 Å². The lowest BCUT2D eigenvalue weighted by Gasteiger charge is -2.27. The maximum atomic E-state index is 13.6. The molecule has 0 spiro atoms. The van der Waals surface area contributed by atoms with Gasteiger partial charge in [0.2, 0.25) is 0 Å². The predicted octanol–water partition coefficient (Wildman–Crippen LogP) is 4.82. The fourth-order valence-electron chi connectivity index (χ4n) is 3.59. The molecule has 1 amide bonds. The Kier molecular flexibility index (Phi) is 4.34. The Labute approximate surface area is 150 Å². The lowest BCUT2D eigenvalue weighted by atomic mass is 10.1. The van der Waals surface area contributed by atoms with E-state index in [-0.39, 0.29) is 11.7 Å². The van der Waals surface area contributed by atoms with Crippen LogP contribution in [0.3, 0.4) is 0 Å². The first-order chi connectivity index (χ1) is 12.1. The van der Waals surface area contributed by atoms with Crippen LogP contribution in [0.1, 0.15) is 40.2 Å². The lowest BCUT2D eigenvalue weighted by molar-refractivity contribution is 0.0714. The Balaban J connectivity index is 1.75. The Morgan fingerprint density at radius 1 is 1.16 bits per heavy atom. The van der Waals surface area contributed by atoms with E-state index < -0.39 is 0 Å². The average molecular weight is 356 g/mol. The van der Waals surface area contributed by atoms with Crippen molar-refractivity contribution in [1.29, 1.82) is 0 Å². The van der Waals surface area contributed by atoms with Crippen molar-refractivity contribution >= 4 is 27.5 Å². The van der Waals surface area contributed by atoms with Crippen molar-refractivity contribution in [3.8, 4) is 0 Å². The second-order valence-corrected chi connectivity index (χ2v) is 7.99. The van der Waals surface area contributed by atoms with Crippen LogP contribution in [0.2, 0.25) is 0 Å². The van der Waals surface area contributed by atoms with Crippen LogP contribution in [0.5, 0.6) is 0 Å². The van der Waals surface area contributed by atoms with Gasteiger partial charge in [0.05, 0.1) is 10.2 Å². The summed E-state index contributed by atoms with van der Waals surface area (Å²) in [5.74, 6) is -0.150. The molecule has 1 fully saturated rings. The van der Waals surface area contributed by atoms with Gasteiger partial charge in [-0.2, -0.15) is 0 Å². The van der Waals surface area contributed by atoms with Crippen molar-refractivity contribution in [3.63, 3.8) is 0 Å². The molecule has 3 aromatic rings. The van der Waals surface area contributed by atoms with Crippen LogP contribution in [0.15, 0.2) is 36.4 Å². The van der Waals surface area contributed by atoms with Crippen LogP contribution in [0.25, 0.3) is 10.2 Å². The quantitative estimate of drug-likeness (QED) is 0.660. The maximum Gasteiger partial charge on any atom is 0.270 e. The average Bonchev–Trinajstić information content (AvgIpc) is 3.12. The number of carbonyl (C=O) groups excluding carboxylic acids is 1. The van der Waals surface area contributed by atoms with E-state index in [4.69, 9.17) is 0 Å². The van der Waals surface area contributed by atoms with E-state index in [9.17, 15) is 9.18 Å². The molecule has 2 aromatic heterocycles. The standard InChI is InChI=1S/C20H21FN2OS/c1-14-10-17-19(25-14)12-18(20(24)22-8-3-2-4-9-22)23(17)13-15-6-5-7-16(21)11-15/h5-7,10-12H,2-4,8-9,13H2,1H3.